The molecule has 1 amide bonds. The number of carbonyl (C=O) groups is 1. The Morgan fingerprint density at radius 3 is 2.77 bits per heavy atom. The lowest BCUT2D eigenvalue weighted by Crippen LogP contribution is -2.55. The van der Waals surface area contributed by atoms with Gasteiger partial charge in [0.15, 0.2) is 0 Å². The molecule has 1 saturated heterocycles. The molecule has 7 nitrogen and oxygen atoms in total. The number of aryl methyl sites for hydroxylation is 1. The van der Waals surface area contributed by atoms with E-state index in [2.05, 4.69) is 16.9 Å². The van der Waals surface area contributed by atoms with E-state index in [-0.39, 0.29) is 5.91 Å². The molecule has 0 N–H and O–H groups in total. The molecule has 0 saturated carbocycles. The third kappa shape index (κ3) is 3.83. The summed E-state index contributed by atoms with van der Waals surface area (Å²) in [5, 5.41) is 4.32. The minimum atomic E-state index is 0.0642. The average molecular weight is 359 g/mol. The van der Waals surface area contributed by atoms with Crippen LogP contribution in [0.5, 0.6) is 0 Å². The molecule has 26 heavy (non-hydrogen) atoms. The third-order valence-corrected chi connectivity index (χ3v) is 5.08. The van der Waals surface area contributed by atoms with Crippen molar-refractivity contribution in [1.29, 1.82) is 0 Å². The van der Waals surface area contributed by atoms with Crippen LogP contribution in [0.15, 0.2) is 30.7 Å². The fourth-order valence-corrected chi connectivity index (χ4v) is 3.72. The lowest BCUT2D eigenvalue weighted by molar-refractivity contribution is 0.0371. The van der Waals surface area contributed by atoms with Crippen molar-refractivity contribution in [3.63, 3.8) is 0 Å². The second-order valence-corrected chi connectivity index (χ2v) is 6.82. The van der Waals surface area contributed by atoms with Crippen LogP contribution in [0.1, 0.15) is 30.1 Å². The van der Waals surface area contributed by atoms with Gasteiger partial charge in [-0.2, -0.15) is 5.10 Å². The summed E-state index contributed by atoms with van der Waals surface area (Å²) in [5.41, 5.74) is 0.657. The molecule has 0 aliphatic carbocycles. The number of aromatic nitrogens is 3. The third-order valence-electron chi connectivity index (χ3n) is 5.08. The number of methoxy groups -OCH3 is 1. The Morgan fingerprint density at radius 2 is 2.08 bits per heavy atom. The Labute approximate surface area is 155 Å². The Balaban J connectivity index is 1.77. The summed E-state index contributed by atoms with van der Waals surface area (Å²) in [7, 11) is 3.61. The summed E-state index contributed by atoms with van der Waals surface area (Å²) in [6.45, 7) is 6.23. The second kappa shape index (κ2) is 8.51. The highest BCUT2D eigenvalue weighted by molar-refractivity contribution is 5.97. The molecule has 0 radical (unpaired) electrons. The monoisotopic (exact) mass is 359 g/mol. The van der Waals surface area contributed by atoms with Crippen molar-refractivity contribution in [1.82, 2.24) is 24.1 Å². The lowest BCUT2D eigenvalue weighted by atomic mass is 10.1. The topological polar surface area (TPSA) is 55.5 Å². The Hall–Kier alpha value is -2.12. The predicted octanol–water partition coefficient (Wildman–Crippen LogP) is 1.78. The van der Waals surface area contributed by atoms with Crippen LogP contribution in [0.25, 0.3) is 5.82 Å². The van der Waals surface area contributed by atoms with Crippen molar-refractivity contribution in [3.05, 3.63) is 36.3 Å². The smallest absolute Gasteiger partial charge is 0.259 e. The average Bonchev–Trinajstić information content (AvgIpc) is 3.29. The fraction of sp³-hybridized carbons (Fsp3) is 0.579. The maximum Gasteiger partial charge on any atom is 0.259 e. The van der Waals surface area contributed by atoms with Crippen molar-refractivity contribution < 1.29 is 9.53 Å². The SMILES string of the molecule is CCCC1CN(C(=O)c2cnn(C)c2-n2cccc2)CCN1CCOC. The number of hydrogen-bond acceptors (Lipinski definition) is 4. The predicted molar refractivity (Wildman–Crippen MR) is 101 cm³/mol. The van der Waals surface area contributed by atoms with Gasteiger partial charge in [0.2, 0.25) is 0 Å². The van der Waals surface area contributed by atoms with Gasteiger partial charge in [-0.05, 0) is 18.6 Å². The molecule has 142 valence electrons. The van der Waals surface area contributed by atoms with Gasteiger partial charge in [-0.1, -0.05) is 13.3 Å². The van der Waals surface area contributed by atoms with Crippen LogP contribution < -0.4 is 0 Å². The molecule has 0 aromatic carbocycles. The van der Waals surface area contributed by atoms with Crippen molar-refractivity contribution in [2.45, 2.75) is 25.8 Å². The van der Waals surface area contributed by atoms with Gasteiger partial charge in [-0.3, -0.25) is 14.4 Å². The first kappa shape index (κ1) is 18.7. The molecule has 0 bridgehead atoms. The van der Waals surface area contributed by atoms with Gasteiger partial charge < -0.3 is 14.2 Å². The quantitative estimate of drug-likeness (QED) is 0.756. The van der Waals surface area contributed by atoms with Crippen LogP contribution in [-0.2, 0) is 11.8 Å². The number of hydrogen-bond donors (Lipinski definition) is 0. The van der Waals surface area contributed by atoms with Crippen molar-refractivity contribution in [3.8, 4) is 5.82 Å². The minimum Gasteiger partial charge on any atom is -0.383 e. The number of ether oxygens (including phenoxy) is 1. The van der Waals surface area contributed by atoms with E-state index >= 15 is 0 Å². The summed E-state index contributed by atoms with van der Waals surface area (Å²) in [6.07, 6.45) is 7.76. The van der Waals surface area contributed by atoms with Gasteiger partial charge in [0.05, 0.1) is 12.8 Å². The number of nitrogens with zero attached hydrogens (tertiary/aromatic N) is 5. The molecule has 0 spiro atoms. The molecule has 3 rings (SSSR count). The zero-order valence-electron chi connectivity index (χ0n) is 16.0. The molecular formula is C19H29N5O2. The minimum absolute atomic E-state index is 0.0642. The number of rotatable bonds is 7. The van der Waals surface area contributed by atoms with E-state index in [4.69, 9.17) is 4.74 Å². The molecule has 1 aliphatic rings. The molecule has 7 heteroatoms. The van der Waals surface area contributed by atoms with E-state index in [0.717, 1.165) is 51.4 Å². The van der Waals surface area contributed by atoms with Crippen LogP contribution in [0.2, 0.25) is 0 Å². The van der Waals surface area contributed by atoms with E-state index in [1.54, 1.807) is 18.0 Å². The van der Waals surface area contributed by atoms with Gasteiger partial charge in [0.1, 0.15) is 11.4 Å². The zero-order valence-corrected chi connectivity index (χ0v) is 16.0. The molecular weight excluding hydrogens is 330 g/mol. The molecule has 3 heterocycles. The van der Waals surface area contributed by atoms with E-state index < -0.39 is 0 Å². The number of piperazine rings is 1. The first-order valence-corrected chi connectivity index (χ1v) is 9.33. The highest BCUT2D eigenvalue weighted by Crippen LogP contribution is 2.20. The second-order valence-electron chi connectivity index (χ2n) is 6.82. The lowest BCUT2D eigenvalue weighted by Gasteiger charge is -2.41. The van der Waals surface area contributed by atoms with E-state index in [9.17, 15) is 4.79 Å². The van der Waals surface area contributed by atoms with Crippen LogP contribution in [0.4, 0.5) is 0 Å². The molecule has 2 aromatic heterocycles. The Morgan fingerprint density at radius 1 is 1.31 bits per heavy atom. The highest BCUT2D eigenvalue weighted by atomic mass is 16.5. The van der Waals surface area contributed by atoms with Crippen LogP contribution in [-0.4, -0.2) is 76.0 Å². The molecule has 1 atom stereocenters. The summed E-state index contributed by atoms with van der Waals surface area (Å²) in [4.78, 5) is 17.6. The van der Waals surface area contributed by atoms with Crippen molar-refractivity contribution >= 4 is 5.91 Å². The zero-order chi connectivity index (χ0) is 18.5. The molecule has 2 aromatic rings. The summed E-state index contributed by atoms with van der Waals surface area (Å²) in [6, 6.07) is 4.29. The first-order chi connectivity index (χ1) is 12.7. The van der Waals surface area contributed by atoms with E-state index in [0.29, 0.717) is 11.6 Å². The van der Waals surface area contributed by atoms with Crippen molar-refractivity contribution in [2.24, 2.45) is 7.05 Å². The van der Waals surface area contributed by atoms with Crippen LogP contribution in [0.3, 0.4) is 0 Å². The van der Waals surface area contributed by atoms with Crippen LogP contribution >= 0.6 is 0 Å². The molecule has 1 aliphatic heterocycles. The van der Waals surface area contributed by atoms with Gasteiger partial charge >= 0.3 is 0 Å². The number of amides is 1. The largest absolute Gasteiger partial charge is 0.383 e. The van der Waals surface area contributed by atoms with E-state index in [1.807, 2.05) is 41.0 Å². The van der Waals surface area contributed by atoms with Crippen molar-refractivity contribution in [2.75, 3.05) is 39.9 Å². The summed E-state index contributed by atoms with van der Waals surface area (Å²) >= 11 is 0. The maximum atomic E-state index is 13.2. The summed E-state index contributed by atoms with van der Waals surface area (Å²) < 4.78 is 8.94. The standard InChI is InChI=1S/C19H29N5O2/c1-4-7-16-15-24(11-10-22(16)12-13-26-3)19(25)17-14-20-21(2)18(17)23-8-5-6-9-23/h5-6,8-9,14,16H,4,7,10-13,15H2,1-3H3. The molecule has 1 fully saturated rings. The Bertz CT molecular complexity index is 710. The summed E-state index contributed by atoms with van der Waals surface area (Å²) in [5.74, 6) is 0.878. The maximum absolute atomic E-state index is 13.2. The van der Waals surface area contributed by atoms with Gasteiger partial charge in [0.25, 0.3) is 5.91 Å². The van der Waals surface area contributed by atoms with Gasteiger partial charge in [-0.25, -0.2) is 0 Å². The highest BCUT2D eigenvalue weighted by Gasteiger charge is 2.31. The fourth-order valence-electron chi connectivity index (χ4n) is 3.72. The first-order valence-electron chi connectivity index (χ1n) is 9.33. The molecule has 1 unspecified atom stereocenters. The van der Waals surface area contributed by atoms with Gasteiger partial charge in [0, 0.05) is 58.8 Å². The normalized spacial score (nSPS) is 18.4. The Kier molecular flexibility index (Phi) is 6.11. The van der Waals surface area contributed by atoms with Gasteiger partial charge in [-0.15, -0.1) is 0 Å². The van der Waals surface area contributed by atoms with Crippen LogP contribution in [0, 0.1) is 0 Å². The number of carbonyl (C=O) groups excluding carboxylic acids is 1. The van der Waals surface area contributed by atoms with E-state index in [1.165, 1.54) is 0 Å².